The summed E-state index contributed by atoms with van der Waals surface area (Å²) in [5, 5.41) is 3.31. The van der Waals surface area contributed by atoms with Gasteiger partial charge in [0, 0.05) is 19.5 Å². The molecular formula is C17H24N4O3S. The molecular weight excluding hydrogens is 340 g/mol. The molecule has 2 rings (SSSR count). The fourth-order valence-electron chi connectivity index (χ4n) is 2.51. The van der Waals surface area contributed by atoms with Gasteiger partial charge in [0.25, 0.3) is 5.91 Å². The molecule has 1 aromatic carbocycles. The predicted molar refractivity (Wildman–Crippen MR) is 98.8 cm³/mol. The number of hydrogen-bond acceptors (Lipinski definition) is 4. The quantitative estimate of drug-likeness (QED) is 0.536. The first-order valence-corrected chi connectivity index (χ1v) is 8.72. The van der Waals surface area contributed by atoms with Crippen LogP contribution >= 0.6 is 12.2 Å². The Balaban J connectivity index is 1.68. The zero-order valence-electron chi connectivity index (χ0n) is 14.3. The highest BCUT2D eigenvalue weighted by Gasteiger charge is 2.19. The molecule has 1 aliphatic heterocycles. The maximum absolute atomic E-state index is 11.9. The lowest BCUT2D eigenvalue weighted by molar-refractivity contribution is -0.135. The Labute approximate surface area is 153 Å². The molecule has 1 fully saturated rings. The van der Waals surface area contributed by atoms with E-state index in [2.05, 4.69) is 16.2 Å². The van der Waals surface area contributed by atoms with Crippen molar-refractivity contribution in [3.05, 3.63) is 29.8 Å². The number of hydrogen-bond donors (Lipinski definition) is 3. The monoisotopic (exact) mass is 364 g/mol. The van der Waals surface area contributed by atoms with Gasteiger partial charge in [0.05, 0.1) is 7.11 Å². The second-order valence-electron chi connectivity index (χ2n) is 5.83. The number of benzene rings is 1. The molecule has 7 nitrogen and oxygen atoms in total. The summed E-state index contributed by atoms with van der Waals surface area (Å²) in [5.74, 6) is 0.538. The molecule has 0 radical (unpaired) electrons. The van der Waals surface area contributed by atoms with Crippen LogP contribution in [0.3, 0.4) is 0 Å². The number of likely N-dealkylation sites (tertiary alicyclic amines) is 1. The van der Waals surface area contributed by atoms with Crippen molar-refractivity contribution in [2.45, 2.75) is 32.2 Å². The van der Waals surface area contributed by atoms with Gasteiger partial charge < -0.3 is 15.0 Å². The molecule has 0 aliphatic carbocycles. The van der Waals surface area contributed by atoms with E-state index in [0.29, 0.717) is 24.6 Å². The van der Waals surface area contributed by atoms with Gasteiger partial charge >= 0.3 is 0 Å². The van der Waals surface area contributed by atoms with Crippen LogP contribution in [-0.2, 0) is 16.1 Å². The van der Waals surface area contributed by atoms with Gasteiger partial charge in [-0.15, -0.1) is 0 Å². The van der Waals surface area contributed by atoms with Crippen molar-refractivity contribution in [3.63, 3.8) is 0 Å². The molecule has 0 spiro atoms. The van der Waals surface area contributed by atoms with Gasteiger partial charge in [-0.1, -0.05) is 18.6 Å². The maximum atomic E-state index is 11.9. The standard InChI is InChI=1S/C17H24N4O3S/c1-24-14-8-6-13(7-9-14)11-18-17(25)20-19-15(22)12-21-10-4-2-3-5-16(21)23/h6-9H,2-5,10-12H2,1H3,(H,19,22)(H2,18,20,25). The summed E-state index contributed by atoms with van der Waals surface area (Å²) < 4.78 is 5.10. The number of hydrazine groups is 1. The normalized spacial score (nSPS) is 14.4. The van der Waals surface area contributed by atoms with Crippen LogP contribution in [0, 0.1) is 0 Å². The van der Waals surface area contributed by atoms with E-state index in [1.807, 2.05) is 24.3 Å². The number of rotatable bonds is 5. The van der Waals surface area contributed by atoms with E-state index in [0.717, 1.165) is 30.6 Å². The van der Waals surface area contributed by atoms with E-state index in [4.69, 9.17) is 17.0 Å². The smallest absolute Gasteiger partial charge is 0.257 e. The van der Waals surface area contributed by atoms with Crippen molar-refractivity contribution in [2.24, 2.45) is 0 Å². The van der Waals surface area contributed by atoms with Crippen molar-refractivity contribution in [3.8, 4) is 5.75 Å². The SMILES string of the molecule is COc1ccc(CNC(=S)NNC(=O)CN2CCCCCC2=O)cc1. The number of amides is 2. The first kappa shape index (κ1) is 19.0. The van der Waals surface area contributed by atoms with Gasteiger partial charge in [-0.2, -0.15) is 0 Å². The van der Waals surface area contributed by atoms with Crippen molar-refractivity contribution in [2.75, 3.05) is 20.2 Å². The van der Waals surface area contributed by atoms with E-state index < -0.39 is 0 Å². The fourth-order valence-corrected chi connectivity index (χ4v) is 2.64. The summed E-state index contributed by atoms with van der Waals surface area (Å²) in [6.45, 7) is 1.20. The van der Waals surface area contributed by atoms with Gasteiger partial charge in [-0.3, -0.25) is 20.4 Å². The molecule has 3 N–H and O–H groups in total. The Morgan fingerprint density at radius 2 is 1.96 bits per heavy atom. The lowest BCUT2D eigenvalue weighted by Crippen LogP contribution is -2.50. The number of nitrogens with zero attached hydrogens (tertiary/aromatic N) is 1. The van der Waals surface area contributed by atoms with Crippen LogP contribution in [0.1, 0.15) is 31.2 Å². The Morgan fingerprint density at radius 1 is 1.20 bits per heavy atom. The molecule has 1 aromatic rings. The van der Waals surface area contributed by atoms with Crippen molar-refractivity contribution >= 4 is 29.1 Å². The average molecular weight is 364 g/mol. The maximum Gasteiger partial charge on any atom is 0.257 e. The third kappa shape index (κ3) is 6.58. The minimum Gasteiger partial charge on any atom is -0.497 e. The third-order valence-electron chi connectivity index (χ3n) is 3.93. The Morgan fingerprint density at radius 3 is 2.68 bits per heavy atom. The molecule has 2 amide bonds. The molecule has 8 heteroatoms. The summed E-state index contributed by atoms with van der Waals surface area (Å²) in [4.78, 5) is 25.4. The molecule has 0 saturated carbocycles. The minimum atomic E-state index is -0.288. The van der Waals surface area contributed by atoms with Crippen LogP contribution in [-0.4, -0.2) is 42.0 Å². The molecule has 1 heterocycles. The number of methoxy groups -OCH3 is 1. The topological polar surface area (TPSA) is 82.7 Å². The molecule has 0 bridgehead atoms. The van der Waals surface area contributed by atoms with Crippen molar-refractivity contribution in [1.29, 1.82) is 0 Å². The summed E-state index contributed by atoms with van der Waals surface area (Å²) in [5.41, 5.74) is 6.21. The number of nitrogens with one attached hydrogen (secondary N) is 3. The highest BCUT2D eigenvalue weighted by Crippen LogP contribution is 2.11. The van der Waals surface area contributed by atoms with Gasteiger partial charge in [0.1, 0.15) is 12.3 Å². The van der Waals surface area contributed by atoms with Crippen LogP contribution in [0.15, 0.2) is 24.3 Å². The summed E-state index contributed by atoms with van der Waals surface area (Å²) >= 11 is 5.13. The second-order valence-corrected chi connectivity index (χ2v) is 6.24. The van der Waals surface area contributed by atoms with Gasteiger partial charge in [-0.25, -0.2) is 0 Å². The molecule has 0 atom stereocenters. The van der Waals surface area contributed by atoms with Crippen molar-refractivity contribution in [1.82, 2.24) is 21.1 Å². The number of ether oxygens (including phenoxy) is 1. The Bertz CT molecular complexity index is 606. The molecule has 1 saturated heterocycles. The summed E-state index contributed by atoms with van der Waals surface area (Å²) in [7, 11) is 1.62. The lowest BCUT2D eigenvalue weighted by atomic mass is 10.2. The zero-order valence-corrected chi connectivity index (χ0v) is 15.2. The Hall–Kier alpha value is -2.35. The van der Waals surface area contributed by atoms with E-state index in [9.17, 15) is 9.59 Å². The molecule has 1 aliphatic rings. The van der Waals surface area contributed by atoms with Gasteiger partial charge in [0.15, 0.2) is 5.11 Å². The average Bonchev–Trinajstić information content (AvgIpc) is 2.83. The van der Waals surface area contributed by atoms with Crippen LogP contribution in [0.4, 0.5) is 0 Å². The number of carbonyl (C=O) groups is 2. The zero-order chi connectivity index (χ0) is 18.1. The third-order valence-corrected chi connectivity index (χ3v) is 4.18. The van der Waals surface area contributed by atoms with E-state index in [-0.39, 0.29) is 18.4 Å². The molecule has 0 aromatic heterocycles. The fraction of sp³-hybridized carbons (Fsp3) is 0.471. The van der Waals surface area contributed by atoms with Gasteiger partial charge in [-0.05, 0) is 42.8 Å². The lowest BCUT2D eigenvalue weighted by Gasteiger charge is -2.20. The second kappa shape index (κ2) is 9.83. The van der Waals surface area contributed by atoms with E-state index >= 15 is 0 Å². The van der Waals surface area contributed by atoms with Crippen LogP contribution in [0.25, 0.3) is 0 Å². The Kier molecular flexibility index (Phi) is 7.46. The summed E-state index contributed by atoms with van der Waals surface area (Å²) in [6, 6.07) is 7.59. The van der Waals surface area contributed by atoms with Crippen molar-refractivity contribution < 1.29 is 14.3 Å². The van der Waals surface area contributed by atoms with Crippen LogP contribution in [0.2, 0.25) is 0 Å². The number of thiocarbonyl (C=S) groups is 1. The van der Waals surface area contributed by atoms with Crippen LogP contribution in [0.5, 0.6) is 5.75 Å². The predicted octanol–water partition coefficient (Wildman–Crippen LogP) is 1.09. The summed E-state index contributed by atoms with van der Waals surface area (Å²) in [6.07, 6.45) is 3.38. The first-order valence-electron chi connectivity index (χ1n) is 8.32. The highest BCUT2D eigenvalue weighted by molar-refractivity contribution is 7.80. The minimum absolute atomic E-state index is 0.0351. The number of carbonyl (C=O) groups excluding carboxylic acids is 2. The molecule has 25 heavy (non-hydrogen) atoms. The van der Waals surface area contributed by atoms with Crippen LogP contribution < -0.4 is 20.9 Å². The first-order chi connectivity index (χ1) is 12.1. The largest absolute Gasteiger partial charge is 0.497 e. The van der Waals surface area contributed by atoms with Gasteiger partial charge in [0.2, 0.25) is 5.91 Å². The van der Waals surface area contributed by atoms with E-state index in [1.165, 1.54) is 0 Å². The van der Waals surface area contributed by atoms with E-state index in [1.54, 1.807) is 12.0 Å². The molecule has 0 unspecified atom stereocenters. The highest BCUT2D eigenvalue weighted by atomic mass is 32.1. The molecule has 136 valence electrons.